The van der Waals surface area contributed by atoms with E-state index in [0.29, 0.717) is 17.2 Å². The van der Waals surface area contributed by atoms with Crippen molar-refractivity contribution in [1.82, 2.24) is 15.0 Å². The van der Waals surface area contributed by atoms with E-state index in [1.54, 1.807) is 36.7 Å². The van der Waals surface area contributed by atoms with Gasteiger partial charge in [0, 0.05) is 34.6 Å². The Morgan fingerprint density at radius 1 is 0.917 bits per heavy atom. The van der Waals surface area contributed by atoms with Crippen molar-refractivity contribution < 1.29 is 22.4 Å². The molecule has 6 nitrogen and oxygen atoms in total. The Bertz CT molecular complexity index is 1370. The van der Waals surface area contributed by atoms with Crippen LogP contribution >= 0.6 is 0 Å². The highest BCUT2D eigenvalue weighted by molar-refractivity contribution is 6.00. The van der Waals surface area contributed by atoms with Crippen LogP contribution in [-0.2, 0) is 11.6 Å². The van der Waals surface area contributed by atoms with Gasteiger partial charge >= 0.3 is 12.2 Å². The molecule has 0 saturated heterocycles. The number of alkyl halides is 3. The van der Waals surface area contributed by atoms with Gasteiger partial charge in [-0.25, -0.2) is 14.2 Å². The molecule has 0 bridgehead atoms. The third-order valence-corrected chi connectivity index (χ3v) is 5.35. The first-order valence-electron chi connectivity index (χ1n) is 11.0. The quantitative estimate of drug-likeness (QED) is 0.260. The van der Waals surface area contributed by atoms with Gasteiger partial charge in [0.1, 0.15) is 5.82 Å². The summed E-state index contributed by atoms with van der Waals surface area (Å²) >= 11 is 0. The SMILES string of the molecule is CC(C)(C)c1nc(-c2ccncc2)c(-c2cccc(NC(=O)Nc3ccc(C(F)(F)F)cc3)c2F)[nH]1. The van der Waals surface area contributed by atoms with Crippen LogP contribution in [0.2, 0.25) is 0 Å². The van der Waals surface area contributed by atoms with Crippen molar-refractivity contribution in [3.05, 3.63) is 84.2 Å². The van der Waals surface area contributed by atoms with E-state index in [2.05, 4.69) is 20.6 Å². The molecule has 2 aromatic carbocycles. The van der Waals surface area contributed by atoms with Gasteiger partial charge in [-0.15, -0.1) is 0 Å². The second-order valence-electron chi connectivity index (χ2n) is 9.12. The predicted octanol–water partition coefficient (Wildman–Crippen LogP) is 7.24. The minimum absolute atomic E-state index is 0.107. The summed E-state index contributed by atoms with van der Waals surface area (Å²) < 4.78 is 53.8. The maximum absolute atomic E-state index is 15.6. The second kappa shape index (κ2) is 9.44. The molecule has 4 rings (SSSR count). The number of anilines is 2. The number of benzene rings is 2. The molecular weight excluding hydrogens is 474 g/mol. The summed E-state index contributed by atoms with van der Waals surface area (Å²) in [4.78, 5) is 24.4. The van der Waals surface area contributed by atoms with E-state index in [1.807, 2.05) is 20.8 Å². The number of imidazole rings is 1. The number of hydrogen-bond donors (Lipinski definition) is 3. The van der Waals surface area contributed by atoms with Crippen molar-refractivity contribution in [2.24, 2.45) is 0 Å². The van der Waals surface area contributed by atoms with Crippen molar-refractivity contribution in [3.63, 3.8) is 0 Å². The van der Waals surface area contributed by atoms with E-state index in [-0.39, 0.29) is 22.4 Å². The molecule has 0 aliphatic heterocycles. The van der Waals surface area contributed by atoms with E-state index in [4.69, 9.17) is 4.98 Å². The van der Waals surface area contributed by atoms with E-state index in [9.17, 15) is 18.0 Å². The number of hydrogen-bond acceptors (Lipinski definition) is 3. The maximum Gasteiger partial charge on any atom is 0.416 e. The van der Waals surface area contributed by atoms with Gasteiger partial charge in [-0.2, -0.15) is 13.2 Å². The average molecular weight is 497 g/mol. The van der Waals surface area contributed by atoms with Crippen LogP contribution in [0.4, 0.5) is 33.7 Å². The van der Waals surface area contributed by atoms with Gasteiger partial charge in [0.25, 0.3) is 0 Å². The number of amides is 2. The minimum Gasteiger partial charge on any atom is -0.341 e. The Hall–Kier alpha value is -4.21. The second-order valence-corrected chi connectivity index (χ2v) is 9.12. The molecule has 0 fully saturated rings. The zero-order valence-electron chi connectivity index (χ0n) is 19.7. The number of carbonyl (C=O) groups excluding carboxylic acids is 1. The van der Waals surface area contributed by atoms with Crippen LogP contribution in [0.3, 0.4) is 0 Å². The predicted molar refractivity (Wildman–Crippen MR) is 130 cm³/mol. The fourth-order valence-corrected chi connectivity index (χ4v) is 3.49. The molecule has 2 aromatic heterocycles. The standard InChI is InChI=1S/C26H23F4N5O/c1-25(2,3)23-34-21(15-11-13-31-14-12-15)22(35-23)18-5-4-6-19(20(18)27)33-24(36)32-17-9-7-16(8-10-17)26(28,29)30/h4-14H,1-3H3,(H,34,35)(H2,32,33,36). The van der Waals surface area contributed by atoms with Crippen LogP contribution in [-0.4, -0.2) is 21.0 Å². The van der Waals surface area contributed by atoms with E-state index in [1.165, 1.54) is 6.07 Å². The first-order chi connectivity index (χ1) is 16.9. The molecule has 2 amide bonds. The van der Waals surface area contributed by atoms with Gasteiger partial charge in [0.15, 0.2) is 5.82 Å². The first-order valence-corrected chi connectivity index (χ1v) is 11.0. The van der Waals surface area contributed by atoms with E-state index >= 15 is 4.39 Å². The summed E-state index contributed by atoms with van der Waals surface area (Å²) in [7, 11) is 0. The molecule has 3 N–H and O–H groups in total. The van der Waals surface area contributed by atoms with Crippen LogP contribution in [0.5, 0.6) is 0 Å². The lowest BCUT2D eigenvalue weighted by Crippen LogP contribution is -2.20. The number of carbonyl (C=O) groups is 1. The third-order valence-electron chi connectivity index (χ3n) is 5.35. The lowest BCUT2D eigenvalue weighted by molar-refractivity contribution is -0.137. The van der Waals surface area contributed by atoms with Crippen molar-refractivity contribution in [2.45, 2.75) is 32.4 Å². The molecule has 0 atom stereocenters. The normalized spacial score (nSPS) is 11.9. The van der Waals surface area contributed by atoms with Crippen molar-refractivity contribution >= 4 is 17.4 Å². The topological polar surface area (TPSA) is 82.7 Å². The van der Waals surface area contributed by atoms with Crippen LogP contribution in [0, 0.1) is 5.82 Å². The van der Waals surface area contributed by atoms with E-state index < -0.39 is 23.6 Å². The maximum atomic E-state index is 15.6. The average Bonchev–Trinajstić information content (AvgIpc) is 3.27. The number of aromatic nitrogens is 3. The number of H-pyrrole nitrogens is 1. The summed E-state index contributed by atoms with van der Waals surface area (Å²) in [6.45, 7) is 5.93. The highest BCUT2D eigenvalue weighted by Crippen LogP contribution is 2.36. The molecule has 2 heterocycles. The summed E-state index contributed by atoms with van der Waals surface area (Å²) in [6.07, 6.45) is -1.26. The van der Waals surface area contributed by atoms with Gasteiger partial charge in [-0.05, 0) is 48.5 Å². The van der Waals surface area contributed by atoms with Crippen molar-refractivity contribution in [2.75, 3.05) is 10.6 Å². The number of urea groups is 1. The molecule has 0 aliphatic carbocycles. The lowest BCUT2D eigenvalue weighted by atomic mass is 9.96. The molecule has 0 radical (unpaired) electrons. The Balaban J connectivity index is 1.63. The smallest absolute Gasteiger partial charge is 0.341 e. The Kier molecular flexibility index (Phi) is 6.53. The van der Waals surface area contributed by atoms with Gasteiger partial charge < -0.3 is 15.6 Å². The first kappa shape index (κ1) is 24.9. The highest BCUT2D eigenvalue weighted by atomic mass is 19.4. The van der Waals surface area contributed by atoms with Gasteiger partial charge in [-0.1, -0.05) is 26.8 Å². The highest BCUT2D eigenvalue weighted by Gasteiger charge is 2.30. The number of pyridine rings is 1. The number of rotatable bonds is 4. The van der Waals surface area contributed by atoms with Crippen LogP contribution in [0.1, 0.15) is 32.2 Å². The van der Waals surface area contributed by atoms with Crippen molar-refractivity contribution in [1.29, 1.82) is 0 Å². The Morgan fingerprint density at radius 2 is 1.58 bits per heavy atom. The number of nitrogens with one attached hydrogen (secondary N) is 3. The summed E-state index contributed by atoms with van der Waals surface area (Å²) in [5, 5.41) is 4.82. The molecule has 0 saturated carbocycles. The van der Waals surface area contributed by atoms with Crippen LogP contribution in [0.15, 0.2) is 67.0 Å². The van der Waals surface area contributed by atoms with Crippen LogP contribution in [0.25, 0.3) is 22.5 Å². The summed E-state index contributed by atoms with van der Waals surface area (Å²) in [5.41, 5.74) is 0.745. The molecule has 36 heavy (non-hydrogen) atoms. The van der Waals surface area contributed by atoms with Gasteiger partial charge in [0.2, 0.25) is 0 Å². The lowest BCUT2D eigenvalue weighted by Gasteiger charge is -2.14. The largest absolute Gasteiger partial charge is 0.416 e. The molecule has 4 aromatic rings. The number of nitrogens with zero attached hydrogens (tertiary/aromatic N) is 2. The number of halogens is 4. The molecule has 0 unspecified atom stereocenters. The molecular formula is C26H23F4N5O. The van der Waals surface area contributed by atoms with Crippen LogP contribution < -0.4 is 10.6 Å². The molecule has 0 aliphatic rings. The minimum atomic E-state index is -4.49. The van der Waals surface area contributed by atoms with Gasteiger partial charge in [0.05, 0.1) is 22.6 Å². The third kappa shape index (κ3) is 5.37. The fourth-order valence-electron chi connectivity index (χ4n) is 3.49. The zero-order valence-corrected chi connectivity index (χ0v) is 19.7. The summed E-state index contributed by atoms with van der Waals surface area (Å²) in [6, 6.07) is 11.2. The van der Waals surface area contributed by atoms with E-state index in [0.717, 1.165) is 29.8 Å². The molecule has 0 spiro atoms. The zero-order chi connectivity index (χ0) is 26.1. The Morgan fingerprint density at radius 3 is 2.19 bits per heavy atom. The molecule has 186 valence electrons. The summed E-state index contributed by atoms with van der Waals surface area (Å²) in [5.74, 6) is -0.0402. The molecule has 10 heteroatoms. The van der Waals surface area contributed by atoms with Crippen molar-refractivity contribution in [3.8, 4) is 22.5 Å². The Labute approximate surface area is 204 Å². The number of aromatic amines is 1. The monoisotopic (exact) mass is 497 g/mol. The fraction of sp³-hybridized carbons (Fsp3) is 0.192. The van der Waals surface area contributed by atoms with Gasteiger partial charge in [-0.3, -0.25) is 4.98 Å².